The number of anilines is 1. The molecule has 0 aliphatic carbocycles. The van der Waals surface area contributed by atoms with E-state index in [2.05, 4.69) is 21.1 Å². The van der Waals surface area contributed by atoms with Crippen LogP contribution >= 0.6 is 15.9 Å². The van der Waals surface area contributed by atoms with Crippen molar-refractivity contribution in [3.63, 3.8) is 0 Å². The minimum absolute atomic E-state index is 0.0292. The van der Waals surface area contributed by atoms with E-state index in [9.17, 15) is 5.11 Å². The maximum Gasteiger partial charge on any atom is 0.222 e. The fourth-order valence-corrected chi connectivity index (χ4v) is 2.05. The standard InChI is InChI=1S/C11H11BrN2O3/c1-5-6(12)3-8(15)11(16-2)10(5)7-4-9(13)17-14-7/h3-4,15H,13H2,1-2H3. The summed E-state index contributed by atoms with van der Waals surface area (Å²) in [5, 5.41) is 13.6. The Morgan fingerprint density at radius 3 is 2.71 bits per heavy atom. The third-order valence-corrected chi connectivity index (χ3v) is 3.27. The summed E-state index contributed by atoms with van der Waals surface area (Å²) in [5.74, 6) is 0.585. The molecule has 0 aliphatic rings. The van der Waals surface area contributed by atoms with Crippen molar-refractivity contribution >= 4 is 21.8 Å². The molecule has 90 valence electrons. The van der Waals surface area contributed by atoms with E-state index in [1.54, 1.807) is 12.1 Å². The Hall–Kier alpha value is -1.69. The lowest BCUT2D eigenvalue weighted by molar-refractivity contribution is 0.373. The second kappa shape index (κ2) is 4.29. The summed E-state index contributed by atoms with van der Waals surface area (Å²) in [5.41, 5.74) is 7.55. The second-order valence-corrected chi connectivity index (χ2v) is 4.38. The van der Waals surface area contributed by atoms with Gasteiger partial charge in [0, 0.05) is 10.5 Å². The van der Waals surface area contributed by atoms with Crippen molar-refractivity contribution in [1.82, 2.24) is 5.16 Å². The Balaban J connectivity index is 2.74. The lowest BCUT2D eigenvalue weighted by Crippen LogP contribution is -1.93. The van der Waals surface area contributed by atoms with Crippen LogP contribution in [0.1, 0.15) is 5.56 Å². The molecule has 5 nitrogen and oxygen atoms in total. The zero-order valence-corrected chi connectivity index (χ0v) is 10.9. The lowest BCUT2D eigenvalue weighted by Gasteiger charge is -2.12. The first kappa shape index (κ1) is 11.8. The van der Waals surface area contributed by atoms with Gasteiger partial charge >= 0.3 is 0 Å². The van der Waals surface area contributed by atoms with Crippen molar-refractivity contribution in [2.24, 2.45) is 0 Å². The molecule has 0 bridgehead atoms. The number of nitrogens with two attached hydrogens (primary N) is 1. The molecule has 0 radical (unpaired) electrons. The summed E-state index contributed by atoms with van der Waals surface area (Å²) < 4.78 is 10.8. The van der Waals surface area contributed by atoms with E-state index < -0.39 is 0 Å². The van der Waals surface area contributed by atoms with Gasteiger partial charge in [-0.2, -0.15) is 0 Å². The number of nitrogens with zero attached hydrogens (tertiary/aromatic N) is 1. The molecule has 0 spiro atoms. The van der Waals surface area contributed by atoms with Gasteiger partial charge in [0.1, 0.15) is 5.69 Å². The van der Waals surface area contributed by atoms with Crippen LogP contribution in [0.25, 0.3) is 11.3 Å². The molecule has 6 heteroatoms. The lowest BCUT2D eigenvalue weighted by atomic mass is 10.0. The normalized spacial score (nSPS) is 10.5. The number of phenols is 1. The smallest absolute Gasteiger partial charge is 0.222 e. The van der Waals surface area contributed by atoms with Gasteiger partial charge < -0.3 is 20.1 Å². The van der Waals surface area contributed by atoms with Crippen LogP contribution in [0.2, 0.25) is 0 Å². The van der Waals surface area contributed by atoms with Gasteiger partial charge in [-0.1, -0.05) is 21.1 Å². The van der Waals surface area contributed by atoms with Crippen molar-refractivity contribution in [3.8, 4) is 22.8 Å². The fourth-order valence-electron chi connectivity index (χ4n) is 1.63. The van der Waals surface area contributed by atoms with E-state index in [0.29, 0.717) is 17.0 Å². The molecular weight excluding hydrogens is 288 g/mol. The zero-order valence-electron chi connectivity index (χ0n) is 9.32. The quantitative estimate of drug-likeness (QED) is 0.891. The third-order valence-electron chi connectivity index (χ3n) is 2.45. The molecule has 2 aromatic rings. The van der Waals surface area contributed by atoms with E-state index in [1.807, 2.05) is 6.92 Å². The van der Waals surface area contributed by atoms with Crippen molar-refractivity contribution in [2.45, 2.75) is 6.92 Å². The summed E-state index contributed by atoms with van der Waals surface area (Å²) >= 11 is 3.36. The van der Waals surface area contributed by atoms with E-state index in [-0.39, 0.29) is 11.6 Å². The number of phenolic OH excluding ortho intramolecular Hbond substituents is 1. The van der Waals surface area contributed by atoms with Crippen LogP contribution in [-0.4, -0.2) is 17.4 Å². The number of halogens is 1. The average molecular weight is 299 g/mol. The highest BCUT2D eigenvalue weighted by atomic mass is 79.9. The Morgan fingerprint density at radius 1 is 1.47 bits per heavy atom. The molecule has 0 amide bonds. The summed E-state index contributed by atoms with van der Waals surface area (Å²) in [6.07, 6.45) is 0. The second-order valence-electron chi connectivity index (χ2n) is 3.53. The number of rotatable bonds is 2. The minimum atomic E-state index is 0.0292. The Kier molecular flexibility index (Phi) is 2.97. The van der Waals surface area contributed by atoms with Gasteiger partial charge in [0.05, 0.1) is 12.7 Å². The number of ether oxygens (including phenoxy) is 1. The van der Waals surface area contributed by atoms with Crippen molar-refractivity contribution < 1.29 is 14.4 Å². The molecule has 17 heavy (non-hydrogen) atoms. The van der Waals surface area contributed by atoms with Gasteiger partial charge in [-0.15, -0.1) is 0 Å². The summed E-state index contributed by atoms with van der Waals surface area (Å²) in [4.78, 5) is 0. The molecule has 1 aromatic heterocycles. The molecule has 0 saturated carbocycles. The Bertz CT molecular complexity index is 566. The van der Waals surface area contributed by atoms with E-state index in [1.165, 1.54) is 7.11 Å². The van der Waals surface area contributed by atoms with Crippen LogP contribution in [0.5, 0.6) is 11.5 Å². The molecule has 0 fully saturated rings. The number of aromatic nitrogens is 1. The first-order chi connectivity index (χ1) is 8.04. The maximum atomic E-state index is 9.82. The number of benzene rings is 1. The number of nitrogen functional groups attached to an aromatic ring is 1. The first-order valence-corrected chi connectivity index (χ1v) is 5.62. The van der Waals surface area contributed by atoms with Crippen LogP contribution in [0.4, 0.5) is 5.88 Å². The summed E-state index contributed by atoms with van der Waals surface area (Å²) in [6, 6.07) is 3.15. The number of hydrogen-bond donors (Lipinski definition) is 2. The van der Waals surface area contributed by atoms with Gasteiger partial charge in [-0.25, -0.2) is 0 Å². The van der Waals surface area contributed by atoms with E-state index in [4.69, 9.17) is 15.0 Å². The number of methoxy groups -OCH3 is 1. The number of aromatic hydroxyl groups is 1. The highest BCUT2D eigenvalue weighted by molar-refractivity contribution is 9.10. The van der Waals surface area contributed by atoms with Gasteiger partial charge in [-0.3, -0.25) is 0 Å². The van der Waals surface area contributed by atoms with Crippen LogP contribution in [0.3, 0.4) is 0 Å². The Labute approximate surface area is 106 Å². The van der Waals surface area contributed by atoms with E-state index >= 15 is 0 Å². The van der Waals surface area contributed by atoms with Gasteiger partial charge in [0.2, 0.25) is 5.88 Å². The molecule has 1 heterocycles. The molecule has 0 atom stereocenters. The third kappa shape index (κ3) is 1.95. The minimum Gasteiger partial charge on any atom is -0.504 e. The first-order valence-electron chi connectivity index (χ1n) is 4.83. The summed E-state index contributed by atoms with van der Waals surface area (Å²) in [7, 11) is 1.48. The SMILES string of the molecule is COc1c(O)cc(Br)c(C)c1-c1cc(N)on1. The van der Waals surface area contributed by atoms with Crippen molar-refractivity contribution in [1.29, 1.82) is 0 Å². The molecule has 0 unspecified atom stereocenters. The average Bonchev–Trinajstić information content (AvgIpc) is 2.69. The van der Waals surface area contributed by atoms with Crippen LogP contribution in [-0.2, 0) is 0 Å². The van der Waals surface area contributed by atoms with Crippen LogP contribution in [0.15, 0.2) is 21.1 Å². The number of hydrogen-bond acceptors (Lipinski definition) is 5. The van der Waals surface area contributed by atoms with Crippen molar-refractivity contribution in [2.75, 3.05) is 12.8 Å². The monoisotopic (exact) mass is 298 g/mol. The molecule has 3 N–H and O–H groups in total. The topological polar surface area (TPSA) is 81.5 Å². The highest BCUT2D eigenvalue weighted by Gasteiger charge is 2.19. The molecular formula is C11H11BrN2O3. The van der Waals surface area contributed by atoms with Gasteiger partial charge in [-0.05, 0) is 18.6 Å². The molecule has 2 rings (SSSR count). The Morgan fingerprint density at radius 2 is 2.18 bits per heavy atom. The van der Waals surface area contributed by atoms with Gasteiger partial charge in [0.25, 0.3) is 0 Å². The predicted molar refractivity (Wildman–Crippen MR) is 67.0 cm³/mol. The van der Waals surface area contributed by atoms with E-state index in [0.717, 1.165) is 10.0 Å². The fraction of sp³-hybridized carbons (Fsp3) is 0.182. The predicted octanol–water partition coefficient (Wildman–Crippen LogP) is 2.71. The molecule has 0 saturated heterocycles. The summed E-state index contributed by atoms with van der Waals surface area (Å²) in [6.45, 7) is 1.88. The molecule has 0 aliphatic heterocycles. The zero-order chi connectivity index (χ0) is 12.6. The molecule has 1 aromatic carbocycles. The van der Waals surface area contributed by atoms with Gasteiger partial charge in [0.15, 0.2) is 11.5 Å². The highest BCUT2D eigenvalue weighted by Crippen LogP contribution is 2.43. The van der Waals surface area contributed by atoms with Crippen LogP contribution < -0.4 is 10.5 Å². The maximum absolute atomic E-state index is 9.82. The van der Waals surface area contributed by atoms with Crippen LogP contribution in [0, 0.1) is 6.92 Å². The largest absolute Gasteiger partial charge is 0.504 e. The van der Waals surface area contributed by atoms with Crippen molar-refractivity contribution in [3.05, 3.63) is 22.2 Å².